The van der Waals surface area contributed by atoms with Crippen LogP contribution in [0.15, 0.2) is 66.7 Å². The molecule has 0 unspecified atom stereocenters. The zero-order chi connectivity index (χ0) is 20.4. The molecule has 4 rings (SSSR count). The fourth-order valence-corrected chi connectivity index (χ4v) is 3.91. The monoisotopic (exact) mass is 412 g/mol. The number of benzene rings is 3. The lowest BCUT2D eigenvalue weighted by Gasteiger charge is -2.29. The van der Waals surface area contributed by atoms with Crippen molar-refractivity contribution in [3.63, 3.8) is 0 Å². The molecule has 29 heavy (non-hydrogen) atoms. The Balaban J connectivity index is 1.61. The van der Waals surface area contributed by atoms with Gasteiger partial charge in [0.25, 0.3) is 0 Å². The standard InChI is InChI=1S/C23H19ClF2N2O/c24-20-8-4-3-7-17(20)14-28(19-11-15-5-1-2-6-16(15)12-19)23(29)27-22-10-9-18(25)13-21(22)26/h1-10,13,19H,11-12,14H2,(H,27,29). The number of amides is 2. The van der Waals surface area contributed by atoms with Gasteiger partial charge in [-0.15, -0.1) is 0 Å². The summed E-state index contributed by atoms with van der Waals surface area (Å²) in [4.78, 5) is 14.8. The van der Waals surface area contributed by atoms with Gasteiger partial charge in [-0.2, -0.15) is 0 Å². The molecule has 0 aliphatic heterocycles. The number of fused-ring (bicyclic) bond motifs is 1. The van der Waals surface area contributed by atoms with E-state index in [2.05, 4.69) is 17.4 Å². The summed E-state index contributed by atoms with van der Waals surface area (Å²) in [6.45, 7) is 0.285. The van der Waals surface area contributed by atoms with Crippen LogP contribution in [0.2, 0.25) is 5.02 Å². The fraction of sp³-hybridized carbons (Fsp3) is 0.174. The molecule has 3 nitrogen and oxygen atoms in total. The number of hydrogen-bond donors (Lipinski definition) is 1. The number of nitrogens with one attached hydrogen (secondary N) is 1. The molecule has 2 amide bonds. The Morgan fingerprint density at radius 2 is 1.66 bits per heavy atom. The van der Waals surface area contributed by atoms with Gasteiger partial charge in [-0.3, -0.25) is 0 Å². The fourth-order valence-electron chi connectivity index (χ4n) is 3.71. The number of carbonyl (C=O) groups excluding carboxylic acids is 1. The smallest absolute Gasteiger partial charge is 0.317 e. The van der Waals surface area contributed by atoms with E-state index in [0.29, 0.717) is 17.9 Å². The molecule has 1 aliphatic carbocycles. The van der Waals surface area contributed by atoms with Crippen LogP contribution in [0.25, 0.3) is 0 Å². The van der Waals surface area contributed by atoms with Crippen LogP contribution in [-0.2, 0) is 19.4 Å². The summed E-state index contributed by atoms with van der Waals surface area (Å²) in [6, 6.07) is 17.9. The summed E-state index contributed by atoms with van der Waals surface area (Å²) in [6.07, 6.45) is 1.42. The first-order chi connectivity index (χ1) is 14.0. The predicted molar refractivity (Wildman–Crippen MR) is 110 cm³/mol. The van der Waals surface area contributed by atoms with Crippen LogP contribution in [0.1, 0.15) is 16.7 Å². The lowest BCUT2D eigenvalue weighted by Crippen LogP contribution is -2.43. The lowest BCUT2D eigenvalue weighted by molar-refractivity contribution is 0.186. The van der Waals surface area contributed by atoms with Gasteiger partial charge in [0.1, 0.15) is 11.6 Å². The highest BCUT2D eigenvalue weighted by atomic mass is 35.5. The average molecular weight is 413 g/mol. The third-order valence-corrected chi connectivity index (χ3v) is 5.57. The molecule has 1 aliphatic rings. The molecule has 0 radical (unpaired) electrons. The number of carbonyl (C=O) groups is 1. The normalized spacial score (nSPS) is 13.2. The minimum atomic E-state index is -0.814. The Bertz CT molecular complexity index is 1030. The molecule has 0 saturated carbocycles. The Kier molecular flexibility index (Phi) is 5.49. The first kappa shape index (κ1) is 19.4. The molecule has 3 aromatic rings. The Labute approximate surface area is 172 Å². The highest BCUT2D eigenvalue weighted by Crippen LogP contribution is 2.28. The van der Waals surface area contributed by atoms with Gasteiger partial charge in [-0.25, -0.2) is 13.6 Å². The van der Waals surface area contributed by atoms with Gasteiger partial charge < -0.3 is 10.2 Å². The van der Waals surface area contributed by atoms with Crippen molar-refractivity contribution in [3.05, 3.63) is 100 Å². The van der Waals surface area contributed by atoms with E-state index in [4.69, 9.17) is 11.6 Å². The highest BCUT2D eigenvalue weighted by Gasteiger charge is 2.30. The van der Waals surface area contributed by atoms with Crippen molar-refractivity contribution in [1.29, 1.82) is 0 Å². The second-order valence-corrected chi connectivity index (χ2v) is 7.51. The largest absolute Gasteiger partial charge is 0.322 e. The van der Waals surface area contributed by atoms with E-state index < -0.39 is 17.7 Å². The zero-order valence-corrected chi connectivity index (χ0v) is 16.3. The average Bonchev–Trinajstić information content (AvgIpc) is 3.13. The minimum absolute atomic E-state index is 0.0592. The molecule has 3 aromatic carbocycles. The maximum Gasteiger partial charge on any atom is 0.322 e. The maximum absolute atomic E-state index is 14.1. The summed E-state index contributed by atoms with van der Waals surface area (Å²) in [7, 11) is 0. The van der Waals surface area contributed by atoms with E-state index in [1.54, 1.807) is 11.0 Å². The van der Waals surface area contributed by atoms with E-state index in [0.717, 1.165) is 17.7 Å². The van der Waals surface area contributed by atoms with E-state index in [1.807, 2.05) is 30.3 Å². The molecule has 0 bridgehead atoms. The van der Waals surface area contributed by atoms with Crippen LogP contribution in [0.5, 0.6) is 0 Å². The van der Waals surface area contributed by atoms with E-state index in [-0.39, 0.29) is 18.3 Å². The number of rotatable bonds is 4. The van der Waals surface area contributed by atoms with Crippen molar-refractivity contribution in [1.82, 2.24) is 4.90 Å². The summed E-state index contributed by atoms with van der Waals surface area (Å²) in [5.74, 6) is -1.51. The molecule has 0 atom stereocenters. The third kappa shape index (κ3) is 4.25. The van der Waals surface area contributed by atoms with Crippen molar-refractivity contribution in [3.8, 4) is 0 Å². The molecule has 0 fully saturated rings. The first-order valence-electron chi connectivity index (χ1n) is 9.34. The summed E-state index contributed by atoms with van der Waals surface area (Å²) >= 11 is 6.31. The van der Waals surface area contributed by atoms with Gasteiger partial charge in [-0.1, -0.05) is 54.1 Å². The van der Waals surface area contributed by atoms with Crippen molar-refractivity contribution in [2.45, 2.75) is 25.4 Å². The van der Waals surface area contributed by atoms with Crippen LogP contribution in [0, 0.1) is 11.6 Å². The van der Waals surface area contributed by atoms with Crippen molar-refractivity contribution in [2.75, 3.05) is 5.32 Å². The number of halogens is 3. The molecule has 0 heterocycles. The SMILES string of the molecule is O=C(Nc1ccc(F)cc1F)N(Cc1ccccc1Cl)C1Cc2ccccc2C1. The Morgan fingerprint density at radius 3 is 2.31 bits per heavy atom. The van der Waals surface area contributed by atoms with Gasteiger partial charge >= 0.3 is 6.03 Å². The van der Waals surface area contributed by atoms with Gasteiger partial charge in [0.05, 0.1) is 5.69 Å². The molecular formula is C23H19ClF2N2O. The van der Waals surface area contributed by atoms with Crippen LogP contribution < -0.4 is 5.32 Å². The Morgan fingerprint density at radius 1 is 1.00 bits per heavy atom. The second-order valence-electron chi connectivity index (χ2n) is 7.10. The molecule has 0 spiro atoms. The van der Waals surface area contributed by atoms with Gasteiger partial charge in [0.2, 0.25) is 0 Å². The topological polar surface area (TPSA) is 32.3 Å². The lowest BCUT2D eigenvalue weighted by atomic mass is 10.1. The highest BCUT2D eigenvalue weighted by molar-refractivity contribution is 6.31. The number of nitrogens with zero attached hydrogens (tertiary/aromatic N) is 1. The van der Waals surface area contributed by atoms with E-state index in [1.165, 1.54) is 17.2 Å². The third-order valence-electron chi connectivity index (χ3n) is 5.20. The number of hydrogen-bond acceptors (Lipinski definition) is 1. The molecule has 148 valence electrons. The Hall–Kier alpha value is -2.92. The maximum atomic E-state index is 14.1. The van der Waals surface area contributed by atoms with Gasteiger partial charge in [-0.05, 0) is 47.7 Å². The van der Waals surface area contributed by atoms with Crippen LogP contribution >= 0.6 is 11.6 Å². The van der Waals surface area contributed by atoms with Crippen LogP contribution in [0.4, 0.5) is 19.3 Å². The van der Waals surface area contributed by atoms with E-state index >= 15 is 0 Å². The molecule has 6 heteroatoms. The van der Waals surface area contributed by atoms with Gasteiger partial charge in [0.15, 0.2) is 0 Å². The molecule has 1 N–H and O–H groups in total. The van der Waals surface area contributed by atoms with Crippen LogP contribution in [0.3, 0.4) is 0 Å². The summed E-state index contributed by atoms with van der Waals surface area (Å²) in [5.41, 5.74) is 3.14. The van der Waals surface area contributed by atoms with Crippen LogP contribution in [-0.4, -0.2) is 17.0 Å². The summed E-state index contributed by atoms with van der Waals surface area (Å²) < 4.78 is 27.3. The van der Waals surface area contributed by atoms with Crippen molar-refractivity contribution >= 4 is 23.3 Å². The second kappa shape index (κ2) is 8.21. The zero-order valence-electron chi connectivity index (χ0n) is 15.5. The number of anilines is 1. The summed E-state index contributed by atoms with van der Waals surface area (Å²) in [5, 5.41) is 3.15. The van der Waals surface area contributed by atoms with Gasteiger partial charge in [0, 0.05) is 23.7 Å². The van der Waals surface area contributed by atoms with Crippen molar-refractivity contribution < 1.29 is 13.6 Å². The molecule has 0 aromatic heterocycles. The van der Waals surface area contributed by atoms with E-state index in [9.17, 15) is 13.6 Å². The quantitative estimate of drug-likeness (QED) is 0.575. The molecular weight excluding hydrogens is 394 g/mol. The molecule has 0 saturated heterocycles. The van der Waals surface area contributed by atoms with Crippen molar-refractivity contribution in [2.24, 2.45) is 0 Å². The minimum Gasteiger partial charge on any atom is -0.317 e. The predicted octanol–water partition coefficient (Wildman–Crippen LogP) is 5.82. The number of urea groups is 1. The first-order valence-corrected chi connectivity index (χ1v) is 9.72.